The first-order valence-corrected chi connectivity index (χ1v) is 5.78. The summed E-state index contributed by atoms with van der Waals surface area (Å²) in [5, 5.41) is 3.92. The molecule has 1 amide bonds. The van der Waals surface area contributed by atoms with Gasteiger partial charge in [-0.1, -0.05) is 5.16 Å². The molecule has 0 aromatic carbocycles. The summed E-state index contributed by atoms with van der Waals surface area (Å²) in [5.74, 6) is 0. The number of aromatic nitrogens is 1. The van der Waals surface area contributed by atoms with Crippen LogP contribution in [0.15, 0.2) is 10.8 Å². The molecule has 0 saturated carbocycles. The van der Waals surface area contributed by atoms with E-state index >= 15 is 0 Å². The molecule has 2 rings (SSSR count). The average molecular weight is 238 g/mol. The Labute approximate surface area is 101 Å². The fourth-order valence-electron chi connectivity index (χ4n) is 1.87. The molecular formula is C12H18N2O3. The summed E-state index contributed by atoms with van der Waals surface area (Å²) < 4.78 is 10.3. The summed E-state index contributed by atoms with van der Waals surface area (Å²) in [4.78, 5) is 13.7. The number of carbonyl (C=O) groups is 1. The van der Waals surface area contributed by atoms with Gasteiger partial charge in [0.2, 0.25) is 0 Å². The van der Waals surface area contributed by atoms with Crippen LogP contribution in [-0.4, -0.2) is 27.8 Å². The van der Waals surface area contributed by atoms with Gasteiger partial charge in [0.1, 0.15) is 11.9 Å². The average Bonchev–Trinajstić information content (AvgIpc) is 2.60. The van der Waals surface area contributed by atoms with Crippen LogP contribution in [0.25, 0.3) is 0 Å². The van der Waals surface area contributed by atoms with Crippen molar-refractivity contribution >= 4 is 6.09 Å². The lowest BCUT2D eigenvalue weighted by Crippen LogP contribution is -2.44. The zero-order valence-corrected chi connectivity index (χ0v) is 10.7. The Kier molecular flexibility index (Phi) is 2.85. The summed E-state index contributed by atoms with van der Waals surface area (Å²) in [6, 6.07) is 0.0856. The minimum atomic E-state index is -0.467. The Bertz CT molecular complexity index is 420. The lowest BCUT2D eigenvalue weighted by atomic mass is 10.0. The highest BCUT2D eigenvalue weighted by molar-refractivity contribution is 5.69. The molecule has 0 radical (unpaired) electrons. The summed E-state index contributed by atoms with van der Waals surface area (Å²) in [6.45, 7) is 8.09. The minimum absolute atomic E-state index is 0.0856. The SMILES string of the molecule is C[C@H]1Cc2nocc2CN1C(=O)OC(C)(C)C. The van der Waals surface area contributed by atoms with E-state index in [1.165, 1.54) is 0 Å². The molecule has 1 aliphatic heterocycles. The summed E-state index contributed by atoms with van der Waals surface area (Å²) in [7, 11) is 0. The van der Waals surface area contributed by atoms with Gasteiger partial charge in [-0.25, -0.2) is 4.79 Å². The number of nitrogens with zero attached hydrogens (tertiary/aromatic N) is 2. The maximum Gasteiger partial charge on any atom is 0.410 e. The van der Waals surface area contributed by atoms with E-state index in [-0.39, 0.29) is 12.1 Å². The molecule has 2 heterocycles. The largest absolute Gasteiger partial charge is 0.444 e. The van der Waals surface area contributed by atoms with Crippen LogP contribution >= 0.6 is 0 Å². The van der Waals surface area contributed by atoms with E-state index in [1.54, 1.807) is 11.2 Å². The molecule has 1 aromatic rings. The van der Waals surface area contributed by atoms with Crippen molar-refractivity contribution in [3.8, 4) is 0 Å². The topological polar surface area (TPSA) is 55.6 Å². The van der Waals surface area contributed by atoms with Crippen LogP contribution in [0.3, 0.4) is 0 Å². The first kappa shape index (κ1) is 12.0. The Balaban J connectivity index is 2.10. The van der Waals surface area contributed by atoms with Gasteiger partial charge < -0.3 is 14.2 Å². The zero-order valence-electron chi connectivity index (χ0n) is 10.7. The van der Waals surface area contributed by atoms with Crippen molar-refractivity contribution in [3.05, 3.63) is 17.5 Å². The lowest BCUT2D eigenvalue weighted by Gasteiger charge is -2.33. The van der Waals surface area contributed by atoms with Crippen LogP contribution < -0.4 is 0 Å². The molecule has 1 aliphatic rings. The summed E-state index contributed by atoms with van der Waals surface area (Å²) in [5.41, 5.74) is 1.44. The maximum absolute atomic E-state index is 12.0. The zero-order chi connectivity index (χ0) is 12.6. The van der Waals surface area contributed by atoms with E-state index in [2.05, 4.69) is 5.16 Å². The number of carbonyl (C=O) groups excluding carboxylic acids is 1. The smallest absolute Gasteiger partial charge is 0.410 e. The van der Waals surface area contributed by atoms with Crippen molar-refractivity contribution in [3.63, 3.8) is 0 Å². The number of fused-ring (bicyclic) bond motifs is 1. The molecule has 17 heavy (non-hydrogen) atoms. The number of ether oxygens (including phenoxy) is 1. The molecule has 0 bridgehead atoms. The van der Waals surface area contributed by atoms with Gasteiger partial charge in [-0.15, -0.1) is 0 Å². The minimum Gasteiger partial charge on any atom is -0.444 e. The van der Waals surface area contributed by atoms with E-state index < -0.39 is 5.60 Å². The Hall–Kier alpha value is -1.52. The third-order valence-corrected chi connectivity index (χ3v) is 2.72. The number of hydrogen-bond donors (Lipinski definition) is 0. The van der Waals surface area contributed by atoms with Crippen molar-refractivity contribution < 1.29 is 14.1 Å². The van der Waals surface area contributed by atoms with Crippen LogP contribution in [0.1, 0.15) is 39.0 Å². The Morgan fingerprint density at radius 1 is 1.59 bits per heavy atom. The number of hydrogen-bond acceptors (Lipinski definition) is 4. The van der Waals surface area contributed by atoms with Crippen LogP contribution in [0.5, 0.6) is 0 Å². The molecule has 0 fully saturated rings. The van der Waals surface area contributed by atoms with Crippen LogP contribution in [-0.2, 0) is 17.7 Å². The highest BCUT2D eigenvalue weighted by Gasteiger charge is 2.31. The van der Waals surface area contributed by atoms with Crippen molar-refractivity contribution in [1.82, 2.24) is 10.1 Å². The van der Waals surface area contributed by atoms with E-state index in [0.29, 0.717) is 13.0 Å². The highest BCUT2D eigenvalue weighted by atomic mass is 16.6. The van der Waals surface area contributed by atoms with Gasteiger partial charge in [-0.2, -0.15) is 0 Å². The van der Waals surface area contributed by atoms with Gasteiger partial charge in [0, 0.05) is 18.0 Å². The van der Waals surface area contributed by atoms with Gasteiger partial charge >= 0.3 is 6.09 Å². The molecule has 0 aliphatic carbocycles. The van der Waals surface area contributed by atoms with Crippen LogP contribution in [0.2, 0.25) is 0 Å². The number of rotatable bonds is 0. The van der Waals surface area contributed by atoms with Crippen molar-refractivity contribution in [2.45, 2.75) is 52.3 Å². The first-order valence-electron chi connectivity index (χ1n) is 5.78. The molecule has 94 valence electrons. The van der Waals surface area contributed by atoms with Crippen molar-refractivity contribution in [2.24, 2.45) is 0 Å². The predicted molar refractivity (Wildman–Crippen MR) is 61.4 cm³/mol. The quantitative estimate of drug-likeness (QED) is 0.696. The summed E-state index contributed by atoms with van der Waals surface area (Å²) >= 11 is 0. The van der Waals surface area contributed by atoms with Crippen molar-refractivity contribution in [1.29, 1.82) is 0 Å². The fraction of sp³-hybridized carbons (Fsp3) is 0.667. The van der Waals surface area contributed by atoms with Gasteiger partial charge in [-0.3, -0.25) is 0 Å². The monoisotopic (exact) mass is 238 g/mol. The van der Waals surface area contributed by atoms with E-state index in [9.17, 15) is 4.79 Å². The molecule has 5 nitrogen and oxygen atoms in total. The van der Waals surface area contributed by atoms with E-state index in [4.69, 9.17) is 9.26 Å². The van der Waals surface area contributed by atoms with Crippen LogP contribution in [0, 0.1) is 0 Å². The second-order valence-electron chi connectivity index (χ2n) is 5.45. The maximum atomic E-state index is 12.0. The van der Waals surface area contributed by atoms with E-state index in [1.807, 2.05) is 27.7 Å². The van der Waals surface area contributed by atoms with Gasteiger partial charge in [0.15, 0.2) is 0 Å². The number of amides is 1. The molecule has 1 aromatic heterocycles. The second-order valence-corrected chi connectivity index (χ2v) is 5.45. The molecular weight excluding hydrogens is 220 g/mol. The van der Waals surface area contributed by atoms with Gasteiger partial charge in [0.25, 0.3) is 0 Å². The Morgan fingerprint density at radius 2 is 2.29 bits per heavy atom. The lowest BCUT2D eigenvalue weighted by molar-refractivity contribution is 0.0137. The normalized spacial score (nSPS) is 20.0. The fourth-order valence-corrected chi connectivity index (χ4v) is 1.87. The third-order valence-electron chi connectivity index (χ3n) is 2.72. The molecule has 0 spiro atoms. The van der Waals surface area contributed by atoms with Crippen LogP contribution in [0.4, 0.5) is 4.79 Å². The van der Waals surface area contributed by atoms with Crippen molar-refractivity contribution in [2.75, 3.05) is 0 Å². The highest BCUT2D eigenvalue weighted by Crippen LogP contribution is 2.23. The third kappa shape index (κ3) is 2.60. The first-order chi connectivity index (χ1) is 7.87. The molecule has 0 N–H and O–H groups in total. The molecule has 0 saturated heterocycles. The second kappa shape index (κ2) is 4.05. The van der Waals surface area contributed by atoms with E-state index in [0.717, 1.165) is 11.3 Å². The molecule has 1 atom stereocenters. The van der Waals surface area contributed by atoms with Gasteiger partial charge in [0.05, 0.1) is 12.2 Å². The predicted octanol–water partition coefficient (Wildman–Crippen LogP) is 2.36. The summed E-state index contributed by atoms with van der Waals surface area (Å²) in [6.07, 6.45) is 2.03. The molecule has 0 unspecified atom stereocenters. The standard InChI is InChI=1S/C12H18N2O3/c1-8-5-10-9(7-16-13-10)6-14(8)11(15)17-12(2,3)4/h7-8H,5-6H2,1-4H3/t8-/m0/s1. The molecule has 5 heteroatoms. The van der Waals surface area contributed by atoms with Gasteiger partial charge in [-0.05, 0) is 27.7 Å². The Morgan fingerprint density at radius 3 is 2.94 bits per heavy atom.